The van der Waals surface area contributed by atoms with Crippen molar-refractivity contribution >= 4 is 17.9 Å². The summed E-state index contributed by atoms with van der Waals surface area (Å²) in [5, 5.41) is 10.2. The Morgan fingerprint density at radius 2 is 2.12 bits per heavy atom. The van der Waals surface area contributed by atoms with Crippen LogP contribution in [0.2, 0.25) is 0 Å². The van der Waals surface area contributed by atoms with Crippen LogP contribution in [0.25, 0.3) is 0 Å². The fourth-order valence-corrected chi connectivity index (χ4v) is 2.32. The number of methoxy groups -OCH3 is 1. The van der Waals surface area contributed by atoms with E-state index >= 15 is 0 Å². The number of carbonyl (C=O) groups is 1. The lowest BCUT2D eigenvalue weighted by atomic mass is 10.1. The van der Waals surface area contributed by atoms with Gasteiger partial charge in [-0.1, -0.05) is 12.1 Å². The van der Waals surface area contributed by atoms with E-state index in [-0.39, 0.29) is 5.75 Å². The maximum absolute atomic E-state index is 11.6. The summed E-state index contributed by atoms with van der Waals surface area (Å²) in [7, 11) is 1.34. The molecule has 0 fully saturated rings. The number of aliphatic imine (C=N–C) groups is 1. The van der Waals surface area contributed by atoms with Gasteiger partial charge in [0.15, 0.2) is 11.5 Å². The van der Waals surface area contributed by atoms with Gasteiger partial charge in [-0.15, -0.1) is 6.58 Å². The lowest BCUT2D eigenvalue weighted by molar-refractivity contribution is 0.0601. The normalized spacial score (nSPS) is 10.6. The van der Waals surface area contributed by atoms with Crippen LogP contribution in [0.4, 0.5) is 5.69 Å². The van der Waals surface area contributed by atoms with Crippen molar-refractivity contribution in [3.05, 3.63) is 65.7 Å². The molecule has 0 spiro atoms. The SMILES string of the molecule is C=CCc1cc(C=Nc2cccc(C(=O)OC)c2)cc(OCC)c1O. The highest BCUT2D eigenvalue weighted by molar-refractivity contribution is 5.91. The first-order chi connectivity index (χ1) is 12.1. The molecule has 1 N–H and O–H groups in total. The predicted molar refractivity (Wildman–Crippen MR) is 98.2 cm³/mol. The number of carbonyl (C=O) groups excluding carboxylic acids is 1. The number of esters is 1. The van der Waals surface area contributed by atoms with Crippen LogP contribution >= 0.6 is 0 Å². The fourth-order valence-electron chi connectivity index (χ4n) is 2.32. The summed E-state index contributed by atoms with van der Waals surface area (Å²) in [5.74, 6) is 0.117. The summed E-state index contributed by atoms with van der Waals surface area (Å²) in [6.07, 6.45) is 3.89. The number of hydrogen-bond acceptors (Lipinski definition) is 5. The number of phenols is 1. The molecule has 5 heteroatoms. The largest absolute Gasteiger partial charge is 0.504 e. The molecule has 0 atom stereocenters. The Balaban J connectivity index is 2.34. The second-order valence-electron chi connectivity index (χ2n) is 5.25. The van der Waals surface area contributed by atoms with E-state index in [0.717, 1.165) is 5.56 Å². The zero-order valence-electron chi connectivity index (χ0n) is 14.4. The lowest BCUT2D eigenvalue weighted by Gasteiger charge is -2.10. The van der Waals surface area contributed by atoms with Crippen LogP contribution in [0.1, 0.15) is 28.4 Å². The summed E-state index contributed by atoms with van der Waals surface area (Å²) in [4.78, 5) is 16.0. The summed E-state index contributed by atoms with van der Waals surface area (Å²) >= 11 is 0. The smallest absolute Gasteiger partial charge is 0.337 e. The fraction of sp³-hybridized carbons (Fsp3) is 0.200. The molecular formula is C20H21NO4. The zero-order chi connectivity index (χ0) is 18.2. The van der Waals surface area contributed by atoms with Crippen LogP contribution in [0.5, 0.6) is 11.5 Å². The number of nitrogens with zero attached hydrogens (tertiary/aromatic N) is 1. The van der Waals surface area contributed by atoms with Crippen LogP contribution in [-0.4, -0.2) is 31.0 Å². The molecule has 0 heterocycles. The molecule has 0 bridgehead atoms. The average Bonchev–Trinajstić information content (AvgIpc) is 2.63. The van der Waals surface area contributed by atoms with Crippen molar-refractivity contribution in [3.8, 4) is 11.5 Å². The van der Waals surface area contributed by atoms with E-state index in [4.69, 9.17) is 9.47 Å². The molecule has 0 aliphatic heterocycles. The highest BCUT2D eigenvalue weighted by atomic mass is 16.5. The second kappa shape index (κ2) is 8.68. The van der Waals surface area contributed by atoms with Gasteiger partial charge in [0.25, 0.3) is 0 Å². The predicted octanol–water partition coefficient (Wildman–Crippen LogP) is 4.06. The first-order valence-electron chi connectivity index (χ1n) is 7.91. The van der Waals surface area contributed by atoms with Crippen LogP contribution in [0.15, 0.2) is 54.0 Å². The Kier molecular flexibility index (Phi) is 6.34. The van der Waals surface area contributed by atoms with E-state index in [0.29, 0.717) is 35.6 Å². The van der Waals surface area contributed by atoms with Crippen molar-refractivity contribution in [1.29, 1.82) is 0 Å². The average molecular weight is 339 g/mol. The lowest BCUT2D eigenvalue weighted by Crippen LogP contribution is -2.00. The zero-order valence-corrected chi connectivity index (χ0v) is 14.4. The molecule has 2 aromatic carbocycles. The number of ether oxygens (including phenoxy) is 2. The van der Waals surface area contributed by atoms with Gasteiger partial charge in [0, 0.05) is 11.8 Å². The Labute approximate surface area is 147 Å². The van der Waals surface area contributed by atoms with Crippen LogP contribution in [-0.2, 0) is 11.2 Å². The third-order valence-corrected chi connectivity index (χ3v) is 3.47. The van der Waals surface area contributed by atoms with Crippen LogP contribution < -0.4 is 4.74 Å². The van der Waals surface area contributed by atoms with Crippen molar-refractivity contribution in [1.82, 2.24) is 0 Å². The minimum atomic E-state index is -0.409. The van der Waals surface area contributed by atoms with Crippen molar-refractivity contribution in [2.75, 3.05) is 13.7 Å². The number of rotatable bonds is 7. The molecule has 25 heavy (non-hydrogen) atoms. The quantitative estimate of drug-likeness (QED) is 0.469. The first-order valence-corrected chi connectivity index (χ1v) is 7.91. The summed E-state index contributed by atoms with van der Waals surface area (Å²) in [6.45, 7) is 6.00. The van der Waals surface area contributed by atoms with E-state index in [1.807, 2.05) is 13.0 Å². The Morgan fingerprint density at radius 1 is 1.32 bits per heavy atom. The Morgan fingerprint density at radius 3 is 2.80 bits per heavy atom. The van der Waals surface area contributed by atoms with Gasteiger partial charge < -0.3 is 14.6 Å². The highest BCUT2D eigenvalue weighted by Gasteiger charge is 2.10. The Hall–Kier alpha value is -3.08. The molecule has 0 amide bonds. The molecule has 0 radical (unpaired) electrons. The number of allylic oxidation sites excluding steroid dienone is 1. The molecule has 2 rings (SSSR count). The van der Waals surface area contributed by atoms with E-state index < -0.39 is 5.97 Å². The Bertz CT molecular complexity index is 796. The molecule has 0 saturated heterocycles. The van der Waals surface area contributed by atoms with Gasteiger partial charge in [-0.2, -0.15) is 0 Å². The summed E-state index contributed by atoms with van der Waals surface area (Å²) in [5.41, 5.74) is 2.55. The second-order valence-corrected chi connectivity index (χ2v) is 5.25. The van der Waals surface area contributed by atoms with Crippen molar-refractivity contribution < 1.29 is 19.4 Å². The molecule has 0 unspecified atom stereocenters. The number of aromatic hydroxyl groups is 1. The molecule has 130 valence electrons. The van der Waals surface area contributed by atoms with Crippen LogP contribution in [0, 0.1) is 0 Å². The van der Waals surface area contributed by atoms with Crippen molar-refractivity contribution in [2.24, 2.45) is 4.99 Å². The van der Waals surface area contributed by atoms with Crippen LogP contribution in [0.3, 0.4) is 0 Å². The maximum Gasteiger partial charge on any atom is 0.337 e. The summed E-state index contributed by atoms with van der Waals surface area (Å²) < 4.78 is 10.2. The monoisotopic (exact) mass is 339 g/mol. The van der Waals surface area contributed by atoms with Crippen molar-refractivity contribution in [2.45, 2.75) is 13.3 Å². The van der Waals surface area contributed by atoms with E-state index in [1.54, 1.807) is 42.6 Å². The van der Waals surface area contributed by atoms with Gasteiger partial charge in [0.05, 0.1) is 25.0 Å². The standard InChI is InChI=1S/C20H21NO4/c1-4-7-15-10-14(11-18(19(15)22)25-5-2)13-21-17-9-6-8-16(12-17)20(23)24-3/h4,6,8-13,22H,1,5,7H2,2-3H3. The highest BCUT2D eigenvalue weighted by Crippen LogP contribution is 2.32. The molecule has 0 saturated carbocycles. The third-order valence-electron chi connectivity index (χ3n) is 3.47. The van der Waals surface area contributed by atoms with Gasteiger partial charge in [-0.05, 0) is 49.2 Å². The summed E-state index contributed by atoms with van der Waals surface area (Å²) in [6, 6.07) is 10.4. The number of hydrogen-bond donors (Lipinski definition) is 1. The molecule has 5 nitrogen and oxygen atoms in total. The van der Waals surface area contributed by atoms with E-state index in [2.05, 4.69) is 11.6 Å². The van der Waals surface area contributed by atoms with Gasteiger partial charge in [0.1, 0.15) is 0 Å². The number of phenolic OH excluding ortho intramolecular Hbond substituents is 1. The van der Waals surface area contributed by atoms with Gasteiger partial charge in [-0.25, -0.2) is 4.79 Å². The van der Waals surface area contributed by atoms with Gasteiger partial charge in [0.2, 0.25) is 0 Å². The van der Waals surface area contributed by atoms with E-state index in [9.17, 15) is 9.90 Å². The topological polar surface area (TPSA) is 68.1 Å². The molecule has 0 aliphatic carbocycles. The minimum absolute atomic E-state index is 0.117. The minimum Gasteiger partial charge on any atom is -0.504 e. The molecule has 0 aliphatic rings. The molecule has 0 aromatic heterocycles. The maximum atomic E-state index is 11.6. The molecular weight excluding hydrogens is 318 g/mol. The molecule has 2 aromatic rings. The third kappa shape index (κ3) is 4.70. The van der Waals surface area contributed by atoms with Crippen molar-refractivity contribution in [3.63, 3.8) is 0 Å². The first kappa shape index (κ1) is 18.3. The van der Waals surface area contributed by atoms with Gasteiger partial charge in [-0.3, -0.25) is 4.99 Å². The van der Waals surface area contributed by atoms with Gasteiger partial charge >= 0.3 is 5.97 Å². The number of benzene rings is 2. The van der Waals surface area contributed by atoms with E-state index in [1.165, 1.54) is 7.11 Å².